The van der Waals surface area contributed by atoms with Gasteiger partial charge < -0.3 is 9.73 Å². The molecular weight excluding hydrogens is 350 g/mol. The molecule has 0 atom stereocenters. The SMILES string of the molecule is Cc1nc(-c2cc(C3(NC(=O)c4ccccc4)CC3)c3cccnc3c2)co1. The molecule has 0 unspecified atom stereocenters. The van der Waals surface area contributed by atoms with Crippen molar-refractivity contribution in [1.29, 1.82) is 0 Å². The molecule has 2 aromatic carbocycles. The summed E-state index contributed by atoms with van der Waals surface area (Å²) in [7, 11) is 0. The van der Waals surface area contributed by atoms with E-state index in [1.807, 2.05) is 49.4 Å². The fourth-order valence-corrected chi connectivity index (χ4v) is 3.69. The fraction of sp³-hybridized carbons (Fsp3) is 0.174. The molecule has 1 saturated carbocycles. The van der Waals surface area contributed by atoms with Gasteiger partial charge in [0, 0.05) is 29.6 Å². The zero-order chi connectivity index (χ0) is 19.1. The molecule has 1 aliphatic carbocycles. The Hall–Kier alpha value is -3.47. The zero-order valence-corrected chi connectivity index (χ0v) is 15.5. The van der Waals surface area contributed by atoms with Crippen molar-refractivity contribution in [3.8, 4) is 11.3 Å². The van der Waals surface area contributed by atoms with Crippen LogP contribution in [-0.4, -0.2) is 15.9 Å². The molecule has 5 heteroatoms. The lowest BCUT2D eigenvalue weighted by Gasteiger charge is -2.21. The van der Waals surface area contributed by atoms with Gasteiger partial charge in [-0.1, -0.05) is 24.3 Å². The highest BCUT2D eigenvalue weighted by molar-refractivity contribution is 5.96. The molecule has 0 radical (unpaired) electrons. The second kappa shape index (κ2) is 6.30. The van der Waals surface area contributed by atoms with Crippen LogP contribution in [0.25, 0.3) is 22.2 Å². The number of fused-ring (bicyclic) bond motifs is 1. The van der Waals surface area contributed by atoms with Crippen LogP contribution in [-0.2, 0) is 5.54 Å². The van der Waals surface area contributed by atoms with Gasteiger partial charge in [0.25, 0.3) is 5.91 Å². The molecule has 0 aliphatic heterocycles. The third-order valence-electron chi connectivity index (χ3n) is 5.29. The van der Waals surface area contributed by atoms with Crippen LogP contribution >= 0.6 is 0 Å². The number of benzene rings is 2. The minimum atomic E-state index is -0.372. The predicted octanol–water partition coefficient (Wildman–Crippen LogP) is 4.62. The van der Waals surface area contributed by atoms with E-state index in [4.69, 9.17) is 4.42 Å². The number of rotatable bonds is 4. The first kappa shape index (κ1) is 16.7. The summed E-state index contributed by atoms with van der Waals surface area (Å²) in [4.78, 5) is 21.8. The first-order chi connectivity index (χ1) is 13.6. The van der Waals surface area contributed by atoms with Crippen molar-refractivity contribution in [1.82, 2.24) is 15.3 Å². The van der Waals surface area contributed by atoms with Crippen LogP contribution in [0.2, 0.25) is 0 Å². The van der Waals surface area contributed by atoms with Gasteiger partial charge in [0.05, 0.1) is 11.1 Å². The van der Waals surface area contributed by atoms with Crippen LogP contribution in [0.5, 0.6) is 0 Å². The standard InChI is InChI=1S/C23H19N3O2/c1-15-25-21(14-28-15)17-12-19(18-8-5-11-24-20(18)13-17)23(9-10-23)26-22(27)16-6-3-2-4-7-16/h2-8,11-14H,9-10H2,1H3,(H,26,27). The number of aryl methyl sites for hydroxylation is 1. The number of carbonyl (C=O) groups is 1. The number of oxazole rings is 1. The summed E-state index contributed by atoms with van der Waals surface area (Å²) in [6.45, 7) is 1.83. The molecule has 1 aliphatic rings. The second-order valence-electron chi connectivity index (χ2n) is 7.25. The van der Waals surface area contributed by atoms with Gasteiger partial charge in [-0.3, -0.25) is 9.78 Å². The fourth-order valence-electron chi connectivity index (χ4n) is 3.69. The maximum absolute atomic E-state index is 12.8. The highest BCUT2D eigenvalue weighted by Crippen LogP contribution is 2.49. The van der Waals surface area contributed by atoms with Gasteiger partial charge in [-0.05, 0) is 48.7 Å². The molecule has 5 rings (SSSR count). The van der Waals surface area contributed by atoms with E-state index < -0.39 is 0 Å². The monoisotopic (exact) mass is 369 g/mol. The number of aromatic nitrogens is 2. The maximum atomic E-state index is 12.8. The Balaban J connectivity index is 1.60. The van der Waals surface area contributed by atoms with E-state index in [1.165, 1.54) is 0 Å². The maximum Gasteiger partial charge on any atom is 0.251 e. The highest BCUT2D eigenvalue weighted by atomic mass is 16.3. The van der Waals surface area contributed by atoms with Crippen LogP contribution < -0.4 is 5.32 Å². The van der Waals surface area contributed by atoms with E-state index >= 15 is 0 Å². The van der Waals surface area contributed by atoms with Crippen molar-refractivity contribution >= 4 is 16.8 Å². The summed E-state index contributed by atoms with van der Waals surface area (Å²) in [5, 5.41) is 4.32. The summed E-state index contributed by atoms with van der Waals surface area (Å²) in [5.41, 5.74) is 3.98. The number of pyridine rings is 1. The van der Waals surface area contributed by atoms with Gasteiger partial charge >= 0.3 is 0 Å². The lowest BCUT2D eigenvalue weighted by molar-refractivity contribution is 0.0931. The number of amides is 1. The zero-order valence-electron chi connectivity index (χ0n) is 15.5. The Bertz CT molecular complexity index is 1180. The van der Waals surface area contributed by atoms with Crippen LogP contribution in [0, 0.1) is 6.92 Å². The summed E-state index contributed by atoms with van der Waals surface area (Å²) < 4.78 is 5.39. The van der Waals surface area contributed by atoms with Gasteiger partial charge in [-0.2, -0.15) is 0 Å². The van der Waals surface area contributed by atoms with Crippen molar-refractivity contribution in [3.63, 3.8) is 0 Å². The summed E-state index contributed by atoms with van der Waals surface area (Å²) in [6.07, 6.45) is 5.24. The smallest absolute Gasteiger partial charge is 0.251 e. The highest BCUT2D eigenvalue weighted by Gasteiger charge is 2.47. The van der Waals surface area contributed by atoms with E-state index in [0.29, 0.717) is 11.5 Å². The van der Waals surface area contributed by atoms with Crippen molar-refractivity contribution in [2.75, 3.05) is 0 Å². The lowest BCUT2D eigenvalue weighted by atomic mass is 9.95. The largest absolute Gasteiger partial charge is 0.449 e. The van der Waals surface area contributed by atoms with Crippen LogP contribution in [0.15, 0.2) is 71.5 Å². The van der Waals surface area contributed by atoms with E-state index in [2.05, 4.69) is 27.4 Å². The van der Waals surface area contributed by atoms with Crippen molar-refractivity contribution in [2.24, 2.45) is 0 Å². The van der Waals surface area contributed by atoms with E-state index in [9.17, 15) is 4.79 Å². The molecule has 2 heterocycles. The van der Waals surface area contributed by atoms with Gasteiger partial charge in [-0.25, -0.2) is 4.98 Å². The number of nitrogens with zero attached hydrogens (tertiary/aromatic N) is 2. The van der Waals surface area contributed by atoms with Crippen molar-refractivity contribution < 1.29 is 9.21 Å². The average molecular weight is 369 g/mol. The number of hydrogen-bond donors (Lipinski definition) is 1. The van der Waals surface area contributed by atoms with Crippen molar-refractivity contribution in [2.45, 2.75) is 25.3 Å². The minimum absolute atomic E-state index is 0.0576. The Morgan fingerprint density at radius 2 is 1.93 bits per heavy atom. The number of carbonyl (C=O) groups excluding carboxylic acids is 1. The molecule has 5 nitrogen and oxygen atoms in total. The van der Waals surface area contributed by atoms with E-state index in [0.717, 1.165) is 40.6 Å². The molecule has 1 N–H and O–H groups in total. The predicted molar refractivity (Wildman–Crippen MR) is 107 cm³/mol. The second-order valence-corrected chi connectivity index (χ2v) is 7.25. The minimum Gasteiger partial charge on any atom is -0.449 e. The molecular formula is C23H19N3O2. The Kier molecular flexibility index (Phi) is 3.76. The van der Waals surface area contributed by atoms with Crippen LogP contribution in [0.4, 0.5) is 0 Å². The Labute approximate surface area is 162 Å². The molecule has 4 aromatic rings. The molecule has 1 fully saturated rings. The molecule has 138 valence electrons. The molecule has 2 aromatic heterocycles. The lowest BCUT2D eigenvalue weighted by Crippen LogP contribution is -2.35. The van der Waals surface area contributed by atoms with Gasteiger partial charge in [0.15, 0.2) is 5.89 Å². The molecule has 0 spiro atoms. The Morgan fingerprint density at radius 3 is 2.64 bits per heavy atom. The third kappa shape index (κ3) is 2.85. The molecule has 28 heavy (non-hydrogen) atoms. The molecule has 1 amide bonds. The van der Waals surface area contributed by atoms with Crippen LogP contribution in [0.1, 0.15) is 34.7 Å². The number of hydrogen-bond acceptors (Lipinski definition) is 4. The molecule has 0 saturated heterocycles. The van der Waals surface area contributed by atoms with Gasteiger partial charge in [0.2, 0.25) is 0 Å². The average Bonchev–Trinajstić information content (AvgIpc) is 3.38. The normalized spacial score (nSPS) is 14.8. The number of nitrogens with one attached hydrogen (secondary N) is 1. The van der Waals surface area contributed by atoms with Gasteiger partial charge in [-0.15, -0.1) is 0 Å². The summed E-state index contributed by atoms with van der Waals surface area (Å²) in [6, 6.07) is 17.4. The Morgan fingerprint density at radius 1 is 1.11 bits per heavy atom. The first-order valence-electron chi connectivity index (χ1n) is 9.34. The van der Waals surface area contributed by atoms with E-state index in [-0.39, 0.29) is 11.4 Å². The third-order valence-corrected chi connectivity index (χ3v) is 5.29. The van der Waals surface area contributed by atoms with E-state index in [1.54, 1.807) is 12.5 Å². The van der Waals surface area contributed by atoms with Crippen LogP contribution in [0.3, 0.4) is 0 Å². The topological polar surface area (TPSA) is 68.0 Å². The van der Waals surface area contributed by atoms with Gasteiger partial charge in [0.1, 0.15) is 12.0 Å². The molecule has 0 bridgehead atoms. The quantitative estimate of drug-likeness (QED) is 0.570. The summed E-state index contributed by atoms with van der Waals surface area (Å²) >= 11 is 0. The van der Waals surface area contributed by atoms with Crippen molar-refractivity contribution in [3.05, 3.63) is 84.1 Å². The first-order valence-corrected chi connectivity index (χ1v) is 9.34. The summed E-state index contributed by atoms with van der Waals surface area (Å²) in [5.74, 6) is 0.564.